The molecule has 0 aliphatic heterocycles. The Morgan fingerprint density at radius 2 is 2.00 bits per heavy atom. The maximum absolute atomic E-state index is 13.0. The van der Waals surface area contributed by atoms with Crippen LogP contribution in [0.2, 0.25) is 0 Å². The molecule has 0 spiro atoms. The van der Waals surface area contributed by atoms with Crippen LogP contribution in [0.4, 0.5) is 8.78 Å². The van der Waals surface area contributed by atoms with Crippen LogP contribution in [0.5, 0.6) is 0 Å². The van der Waals surface area contributed by atoms with Gasteiger partial charge in [-0.25, -0.2) is 8.78 Å². The molecule has 0 nitrogen and oxygen atoms in total. The fourth-order valence-electron chi connectivity index (χ4n) is 1.32. The number of rotatable bonds is 2. The van der Waals surface area contributed by atoms with E-state index in [0.717, 1.165) is 12.5 Å². The highest BCUT2D eigenvalue weighted by atomic mass is 19.1. The molecule has 1 fully saturated rings. The van der Waals surface area contributed by atoms with E-state index in [4.69, 9.17) is 0 Å². The van der Waals surface area contributed by atoms with Crippen LogP contribution in [0.3, 0.4) is 0 Å². The fraction of sp³-hybridized carbons (Fsp3) is 0.400. The van der Waals surface area contributed by atoms with E-state index in [-0.39, 0.29) is 0 Å². The Morgan fingerprint density at radius 3 is 2.58 bits per heavy atom. The zero-order chi connectivity index (χ0) is 8.55. The van der Waals surface area contributed by atoms with Crippen LogP contribution in [0.1, 0.15) is 18.4 Å². The number of hydrogen-bond donors (Lipinski definition) is 0. The van der Waals surface area contributed by atoms with Gasteiger partial charge in [0.25, 0.3) is 0 Å². The summed E-state index contributed by atoms with van der Waals surface area (Å²) in [6.07, 6.45) is 3.15. The first-order valence-corrected chi connectivity index (χ1v) is 4.19. The normalized spacial score (nSPS) is 16.5. The summed E-state index contributed by atoms with van der Waals surface area (Å²) in [5.41, 5.74) is 0.652. The zero-order valence-corrected chi connectivity index (χ0v) is 6.69. The predicted octanol–water partition coefficient (Wildman–Crippen LogP) is 2.92. The number of hydrogen-bond acceptors (Lipinski definition) is 0. The summed E-state index contributed by atoms with van der Waals surface area (Å²) in [5, 5.41) is 0. The maximum atomic E-state index is 13.0. The van der Waals surface area contributed by atoms with Gasteiger partial charge in [0, 0.05) is 6.07 Å². The van der Waals surface area contributed by atoms with Crippen LogP contribution < -0.4 is 0 Å². The molecule has 0 saturated heterocycles. The summed E-state index contributed by atoms with van der Waals surface area (Å²) in [7, 11) is 0. The molecule has 0 unspecified atom stereocenters. The van der Waals surface area contributed by atoms with Crippen LogP contribution in [0.15, 0.2) is 18.2 Å². The molecule has 1 aromatic carbocycles. The minimum atomic E-state index is -0.493. The van der Waals surface area contributed by atoms with Gasteiger partial charge < -0.3 is 0 Å². The summed E-state index contributed by atoms with van der Waals surface area (Å²) in [4.78, 5) is 0. The van der Waals surface area contributed by atoms with Gasteiger partial charge in [0.1, 0.15) is 11.6 Å². The summed E-state index contributed by atoms with van der Waals surface area (Å²) in [5.74, 6) is -0.251. The van der Waals surface area contributed by atoms with E-state index in [1.165, 1.54) is 18.9 Å². The van der Waals surface area contributed by atoms with Crippen LogP contribution >= 0.6 is 0 Å². The average Bonchev–Trinajstić information content (AvgIpc) is 2.79. The third kappa shape index (κ3) is 1.63. The quantitative estimate of drug-likeness (QED) is 0.637. The third-order valence-corrected chi connectivity index (χ3v) is 2.22. The standard InChI is InChI=1S/C10H10F2/c11-9-4-3-8(10(12)6-9)5-7-1-2-7/h3-4,6-7H,1-2,5H2. The fourth-order valence-corrected chi connectivity index (χ4v) is 1.32. The van der Waals surface area contributed by atoms with Crippen LogP contribution in [0.25, 0.3) is 0 Å². The lowest BCUT2D eigenvalue weighted by Gasteiger charge is -2.00. The number of benzene rings is 1. The molecule has 0 aromatic heterocycles. The molecule has 2 heteroatoms. The first kappa shape index (κ1) is 7.71. The molecular formula is C10H10F2. The predicted molar refractivity (Wildman–Crippen MR) is 42.8 cm³/mol. The molecule has 0 N–H and O–H groups in total. The van der Waals surface area contributed by atoms with E-state index < -0.39 is 11.6 Å². The van der Waals surface area contributed by atoms with Gasteiger partial charge in [-0.1, -0.05) is 6.07 Å². The van der Waals surface area contributed by atoms with E-state index >= 15 is 0 Å². The van der Waals surface area contributed by atoms with Gasteiger partial charge in [0.05, 0.1) is 0 Å². The van der Waals surface area contributed by atoms with Gasteiger partial charge in [0.15, 0.2) is 0 Å². The second-order valence-electron chi connectivity index (χ2n) is 3.38. The molecule has 0 radical (unpaired) electrons. The molecule has 0 heterocycles. The second kappa shape index (κ2) is 2.85. The smallest absolute Gasteiger partial charge is 0.129 e. The highest BCUT2D eigenvalue weighted by Crippen LogP contribution is 2.33. The van der Waals surface area contributed by atoms with Gasteiger partial charge in [-0.3, -0.25) is 0 Å². The molecule has 0 amide bonds. The zero-order valence-electron chi connectivity index (χ0n) is 6.69. The SMILES string of the molecule is Fc1ccc(CC2CC2)c(F)c1. The molecule has 1 aliphatic carbocycles. The van der Waals surface area contributed by atoms with Crippen molar-refractivity contribution in [2.45, 2.75) is 19.3 Å². The van der Waals surface area contributed by atoms with Crippen molar-refractivity contribution >= 4 is 0 Å². The topological polar surface area (TPSA) is 0 Å². The maximum Gasteiger partial charge on any atom is 0.129 e. The Labute approximate surface area is 70.2 Å². The van der Waals surface area contributed by atoms with Gasteiger partial charge in [-0.2, -0.15) is 0 Å². The molecule has 0 bridgehead atoms. The van der Waals surface area contributed by atoms with E-state index in [2.05, 4.69) is 0 Å². The van der Waals surface area contributed by atoms with Gasteiger partial charge in [0.2, 0.25) is 0 Å². The van der Waals surface area contributed by atoms with Crippen molar-refractivity contribution in [3.8, 4) is 0 Å². The van der Waals surface area contributed by atoms with Crippen molar-refractivity contribution in [1.82, 2.24) is 0 Å². The molecule has 0 atom stereocenters. The minimum absolute atomic E-state index is 0.401. The first-order valence-electron chi connectivity index (χ1n) is 4.19. The summed E-state index contributed by atoms with van der Waals surface area (Å²) in [6.45, 7) is 0. The largest absolute Gasteiger partial charge is 0.207 e. The summed E-state index contributed by atoms with van der Waals surface area (Å²) >= 11 is 0. The molecule has 12 heavy (non-hydrogen) atoms. The van der Waals surface area contributed by atoms with Crippen molar-refractivity contribution in [3.05, 3.63) is 35.4 Å². The average molecular weight is 168 g/mol. The van der Waals surface area contributed by atoms with Crippen LogP contribution in [-0.4, -0.2) is 0 Å². The third-order valence-electron chi connectivity index (χ3n) is 2.22. The molecule has 1 aromatic rings. The lowest BCUT2D eigenvalue weighted by molar-refractivity contribution is 0.567. The molecule has 2 rings (SSSR count). The lowest BCUT2D eigenvalue weighted by Crippen LogP contribution is -1.92. The van der Waals surface area contributed by atoms with E-state index in [1.54, 1.807) is 6.07 Å². The van der Waals surface area contributed by atoms with E-state index in [0.29, 0.717) is 11.5 Å². The highest BCUT2D eigenvalue weighted by molar-refractivity contribution is 5.19. The van der Waals surface area contributed by atoms with Crippen LogP contribution in [0, 0.1) is 17.6 Å². The molecule has 1 aliphatic rings. The molecule has 1 saturated carbocycles. The minimum Gasteiger partial charge on any atom is -0.207 e. The summed E-state index contributed by atoms with van der Waals surface area (Å²) in [6, 6.07) is 3.82. The first-order chi connectivity index (χ1) is 5.75. The van der Waals surface area contributed by atoms with Crippen molar-refractivity contribution in [2.24, 2.45) is 5.92 Å². The van der Waals surface area contributed by atoms with Gasteiger partial charge in [-0.05, 0) is 36.8 Å². The Balaban J connectivity index is 2.18. The van der Waals surface area contributed by atoms with Crippen molar-refractivity contribution in [1.29, 1.82) is 0 Å². The Bertz CT molecular complexity index is 290. The van der Waals surface area contributed by atoms with Crippen molar-refractivity contribution in [3.63, 3.8) is 0 Å². The Hall–Kier alpha value is -0.920. The Morgan fingerprint density at radius 1 is 1.25 bits per heavy atom. The van der Waals surface area contributed by atoms with Crippen molar-refractivity contribution < 1.29 is 8.78 Å². The van der Waals surface area contributed by atoms with Gasteiger partial charge >= 0.3 is 0 Å². The molecule has 64 valence electrons. The van der Waals surface area contributed by atoms with Crippen LogP contribution in [-0.2, 0) is 6.42 Å². The monoisotopic (exact) mass is 168 g/mol. The number of halogens is 2. The van der Waals surface area contributed by atoms with Gasteiger partial charge in [-0.15, -0.1) is 0 Å². The lowest BCUT2D eigenvalue weighted by atomic mass is 10.1. The van der Waals surface area contributed by atoms with E-state index in [1.807, 2.05) is 0 Å². The van der Waals surface area contributed by atoms with Crippen molar-refractivity contribution in [2.75, 3.05) is 0 Å². The second-order valence-corrected chi connectivity index (χ2v) is 3.38. The summed E-state index contributed by atoms with van der Waals surface area (Å²) < 4.78 is 25.5. The molecular weight excluding hydrogens is 158 g/mol. The highest BCUT2D eigenvalue weighted by Gasteiger charge is 2.22. The Kier molecular flexibility index (Phi) is 1.83. The van der Waals surface area contributed by atoms with E-state index in [9.17, 15) is 8.78 Å².